The number of benzene rings is 1. The quantitative estimate of drug-likeness (QED) is 0.666. The molecule has 1 aromatic rings. The fourth-order valence-electron chi connectivity index (χ4n) is 5.35. The Morgan fingerprint density at radius 3 is 1.82 bits per heavy atom. The molecule has 0 unspecified atom stereocenters. The zero-order valence-electron chi connectivity index (χ0n) is 19.7. The van der Waals surface area contributed by atoms with Crippen molar-refractivity contribution in [3.8, 4) is 0 Å². The maximum Gasteiger partial charge on any atom is 0.310 e. The molecule has 3 heteroatoms. The minimum Gasteiger partial charge on any atom is -0.481 e. The van der Waals surface area contributed by atoms with Gasteiger partial charge in [0.05, 0.1) is 5.41 Å². The molecule has 0 radical (unpaired) electrons. The average molecular weight is 386 g/mol. The zero-order chi connectivity index (χ0) is 21.9. The Morgan fingerprint density at radius 1 is 0.929 bits per heavy atom. The number of hydrogen-bond acceptors (Lipinski definition) is 2. The van der Waals surface area contributed by atoms with Gasteiger partial charge < -0.3 is 5.11 Å². The molecule has 0 saturated heterocycles. The van der Waals surface area contributed by atoms with E-state index in [0.717, 1.165) is 0 Å². The summed E-state index contributed by atoms with van der Waals surface area (Å²) >= 11 is 0. The molecule has 1 aliphatic heterocycles. The van der Waals surface area contributed by atoms with Gasteiger partial charge in [-0.25, -0.2) is 0 Å². The first-order chi connectivity index (χ1) is 12.4. The van der Waals surface area contributed by atoms with E-state index in [2.05, 4.69) is 97.5 Å². The standard InChI is InChI=1S/C25H39NO2/c1-17-19(18-15-13-12-14-16-18)21(2,3)24(8,9)26(23(17,6)7)25(10,11)22(4,5)20(27)28/h12-16H,1-11H3,(H,27,28). The molecule has 1 aromatic carbocycles. The fourth-order valence-corrected chi connectivity index (χ4v) is 5.35. The number of rotatable bonds is 4. The van der Waals surface area contributed by atoms with Crippen molar-refractivity contribution in [3.63, 3.8) is 0 Å². The summed E-state index contributed by atoms with van der Waals surface area (Å²) in [5.41, 5.74) is 1.66. The Bertz CT molecular complexity index is 795. The number of nitrogens with zero attached hydrogens (tertiary/aromatic N) is 1. The van der Waals surface area contributed by atoms with Crippen LogP contribution in [0.15, 0.2) is 35.9 Å². The Morgan fingerprint density at radius 2 is 1.39 bits per heavy atom. The van der Waals surface area contributed by atoms with Gasteiger partial charge in [-0.2, -0.15) is 0 Å². The maximum atomic E-state index is 12.2. The summed E-state index contributed by atoms with van der Waals surface area (Å²) < 4.78 is 0. The minimum absolute atomic E-state index is 0.181. The van der Waals surface area contributed by atoms with Crippen LogP contribution in [0.1, 0.15) is 81.7 Å². The molecule has 1 heterocycles. The van der Waals surface area contributed by atoms with Crippen LogP contribution in [0.2, 0.25) is 0 Å². The molecule has 0 spiro atoms. The highest BCUT2D eigenvalue weighted by molar-refractivity contribution is 5.78. The van der Waals surface area contributed by atoms with E-state index in [4.69, 9.17) is 0 Å². The van der Waals surface area contributed by atoms with Crippen LogP contribution in [0.5, 0.6) is 0 Å². The van der Waals surface area contributed by atoms with Gasteiger partial charge in [-0.05, 0) is 79.0 Å². The van der Waals surface area contributed by atoms with Crippen LogP contribution in [-0.4, -0.2) is 32.6 Å². The zero-order valence-corrected chi connectivity index (χ0v) is 19.7. The second-order valence-corrected chi connectivity index (χ2v) is 10.9. The summed E-state index contributed by atoms with van der Waals surface area (Å²) in [6, 6.07) is 10.6. The molecule has 0 amide bonds. The largest absolute Gasteiger partial charge is 0.481 e. The van der Waals surface area contributed by atoms with Crippen molar-refractivity contribution in [1.82, 2.24) is 4.90 Å². The van der Waals surface area contributed by atoms with E-state index in [-0.39, 0.29) is 16.5 Å². The summed E-state index contributed by atoms with van der Waals surface area (Å²) in [6.07, 6.45) is 0. The van der Waals surface area contributed by atoms with Crippen molar-refractivity contribution in [2.45, 2.75) is 92.8 Å². The molecule has 0 aliphatic carbocycles. The molecule has 0 atom stereocenters. The molecule has 0 bridgehead atoms. The average Bonchev–Trinajstić information content (AvgIpc) is 2.53. The molecule has 3 nitrogen and oxygen atoms in total. The molecule has 0 fully saturated rings. The summed E-state index contributed by atoms with van der Waals surface area (Å²) in [6.45, 7) is 23.7. The first-order valence-electron chi connectivity index (χ1n) is 10.3. The van der Waals surface area contributed by atoms with E-state index >= 15 is 0 Å². The predicted molar refractivity (Wildman–Crippen MR) is 118 cm³/mol. The third kappa shape index (κ3) is 2.85. The van der Waals surface area contributed by atoms with Crippen LogP contribution < -0.4 is 0 Å². The summed E-state index contributed by atoms with van der Waals surface area (Å²) in [5, 5.41) is 10.0. The first kappa shape index (κ1) is 22.7. The molecule has 1 N–H and O–H groups in total. The van der Waals surface area contributed by atoms with Crippen molar-refractivity contribution < 1.29 is 9.90 Å². The summed E-state index contributed by atoms with van der Waals surface area (Å²) in [7, 11) is 0. The van der Waals surface area contributed by atoms with Gasteiger partial charge in [-0.1, -0.05) is 44.2 Å². The van der Waals surface area contributed by atoms with Crippen LogP contribution >= 0.6 is 0 Å². The molecule has 1 aliphatic rings. The highest BCUT2D eigenvalue weighted by atomic mass is 16.4. The van der Waals surface area contributed by atoms with E-state index in [1.54, 1.807) is 0 Å². The predicted octanol–water partition coefficient (Wildman–Crippen LogP) is 6.25. The van der Waals surface area contributed by atoms with Gasteiger partial charge in [0.1, 0.15) is 0 Å². The Balaban J connectivity index is 2.87. The van der Waals surface area contributed by atoms with Gasteiger partial charge in [-0.15, -0.1) is 0 Å². The van der Waals surface area contributed by atoms with Crippen LogP contribution in [0.25, 0.3) is 5.57 Å². The lowest BCUT2D eigenvalue weighted by Crippen LogP contribution is -2.75. The van der Waals surface area contributed by atoms with Gasteiger partial charge >= 0.3 is 5.97 Å². The fraction of sp³-hybridized carbons (Fsp3) is 0.640. The van der Waals surface area contributed by atoms with Gasteiger partial charge in [0.25, 0.3) is 0 Å². The van der Waals surface area contributed by atoms with E-state index in [1.165, 1.54) is 16.7 Å². The van der Waals surface area contributed by atoms with Crippen molar-refractivity contribution >= 4 is 11.5 Å². The third-order valence-corrected chi connectivity index (χ3v) is 8.25. The van der Waals surface area contributed by atoms with Crippen molar-refractivity contribution in [3.05, 3.63) is 41.5 Å². The van der Waals surface area contributed by atoms with Gasteiger partial charge in [-0.3, -0.25) is 9.69 Å². The van der Waals surface area contributed by atoms with E-state index < -0.39 is 16.9 Å². The van der Waals surface area contributed by atoms with Crippen LogP contribution in [-0.2, 0) is 4.79 Å². The lowest BCUT2D eigenvalue weighted by molar-refractivity contribution is -0.173. The lowest BCUT2D eigenvalue weighted by Gasteiger charge is -2.68. The van der Waals surface area contributed by atoms with Gasteiger partial charge in [0.2, 0.25) is 0 Å². The summed E-state index contributed by atoms with van der Waals surface area (Å²) in [5.74, 6) is -0.766. The highest BCUT2D eigenvalue weighted by Crippen LogP contribution is 2.59. The van der Waals surface area contributed by atoms with Crippen LogP contribution in [0.4, 0.5) is 0 Å². The topological polar surface area (TPSA) is 40.5 Å². The second-order valence-electron chi connectivity index (χ2n) is 10.9. The maximum absolute atomic E-state index is 12.2. The van der Waals surface area contributed by atoms with E-state index in [1.807, 2.05) is 13.8 Å². The molecule has 0 saturated carbocycles. The van der Waals surface area contributed by atoms with Gasteiger partial charge in [0.15, 0.2) is 0 Å². The molecule has 2 rings (SSSR count). The molecule has 156 valence electrons. The number of carboxylic acids is 1. The first-order valence-corrected chi connectivity index (χ1v) is 10.3. The van der Waals surface area contributed by atoms with Crippen LogP contribution in [0, 0.1) is 10.8 Å². The Kier molecular flexibility index (Phi) is 5.22. The third-order valence-electron chi connectivity index (χ3n) is 8.25. The summed E-state index contributed by atoms with van der Waals surface area (Å²) in [4.78, 5) is 14.7. The van der Waals surface area contributed by atoms with E-state index in [0.29, 0.717) is 0 Å². The van der Waals surface area contributed by atoms with E-state index in [9.17, 15) is 9.90 Å². The SMILES string of the molecule is CC1=C(c2ccccc2)C(C)(C)C(C)(C)N(C(C)(C)C(C)(C)C(=O)O)C1(C)C. The number of hydrogen-bond donors (Lipinski definition) is 1. The highest BCUT2D eigenvalue weighted by Gasteiger charge is 2.62. The van der Waals surface area contributed by atoms with Crippen molar-refractivity contribution in [2.75, 3.05) is 0 Å². The van der Waals surface area contributed by atoms with Crippen molar-refractivity contribution in [2.24, 2.45) is 10.8 Å². The Hall–Kier alpha value is -1.61. The normalized spacial score (nSPS) is 22.2. The molecule has 0 aromatic heterocycles. The second kappa shape index (κ2) is 6.45. The van der Waals surface area contributed by atoms with Gasteiger partial charge in [0, 0.05) is 22.0 Å². The van der Waals surface area contributed by atoms with Crippen molar-refractivity contribution in [1.29, 1.82) is 0 Å². The number of carbonyl (C=O) groups is 1. The number of aliphatic carboxylic acids is 1. The molecular formula is C25H39NO2. The molecule has 28 heavy (non-hydrogen) atoms. The lowest BCUT2D eigenvalue weighted by atomic mass is 9.56. The Labute approximate surface area is 171 Å². The monoisotopic (exact) mass is 385 g/mol. The number of carboxylic acid groups (broad SMARTS) is 1. The minimum atomic E-state index is -0.915. The molecular weight excluding hydrogens is 346 g/mol. The smallest absolute Gasteiger partial charge is 0.310 e. The van der Waals surface area contributed by atoms with Crippen LogP contribution in [0.3, 0.4) is 0 Å².